The van der Waals surface area contributed by atoms with E-state index in [1.807, 2.05) is 41.1 Å². The van der Waals surface area contributed by atoms with Gasteiger partial charge in [0, 0.05) is 34.3 Å². The van der Waals surface area contributed by atoms with Gasteiger partial charge in [-0.05, 0) is 25.1 Å². The van der Waals surface area contributed by atoms with Crippen LogP contribution in [0.5, 0.6) is 5.75 Å². The van der Waals surface area contributed by atoms with Gasteiger partial charge in [-0.25, -0.2) is 4.98 Å². The largest absolute Gasteiger partial charge is 0.484 e. The summed E-state index contributed by atoms with van der Waals surface area (Å²) in [6.45, 7) is 3.01. The van der Waals surface area contributed by atoms with Gasteiger partial charge in [0.25, 0.3) is 0 Å². The Kier molecular flexibility index (Phi) is 7.40. The van der Waals surface area contributed by atoms with Crippen LogP contribution in [0, 0.1) is 0 Å². The van der Waals surface area contributed by atoms with Gasteiger partial charge in [0.15, 0.2) is 11.0 Å². The van der Waals surface area contributed by atoms with E-state index in [0.29, 0.717) is 26.6 Å². The Balaban J connectivity index is 1.42. The van der Waals surface area contributed by atoms with Crippen molar-refractivity contribution < 1.29 is 4.74 Å². The number of rotatable bonds is 8. The summed E-state index contributed by atoms with van der Waals surface area (Å²) < 4.78 is 7.83. The SMILES string of the molecule is CCn1c(COc2cc(Cl)ccc2Cl)nnc1SCc1csc(-c2ccccc2Cl)n1. The molecule has 2 aromatic heterocycles. The standard InChI is InChI=1S/C21H17Cl3N4OS2/c1-2-28-19(10-29-18-9-13(22)7-8-17(18)24)26-27-21(28)31-12-14-11-30-20(25-14)15-5-3-4-6-16(15)23/h3-9,11H,2,10,12H2,1H3. The zero-order chi connectivity index (χ0) is 21.8. The number of benzene rings is 2. The zero-order valence-corrected chi connectivity index (χ0v) is 20.3. The number of hydrogen-bond donors (Lipinski definition) is 0. The molecule has 0 aliphatic carbocycles. The summed E-state index contributed by atoms with van der Waals surface area (Å²) in [4.78, 5) is 4.72. The Morgan fingerprint density at radius 3 is 2.71 bits per heavy atom. The molecule has 10 heteroatoms. The van der Waals surface area contributed by atoms with Crippen molar-refractivity contribution in [3.63, 3.8) is 0 Å². The number of ether oxygens (including phenoxy) is 1. The summed E-state index contributed by atoms with van der Waals surface area (Å²) in [5.41, 5.74) is 1.92. The molecule has 0 amide bonds. The second-order valence-electron chi connectivity index (χ2n) is 6.42. The lowest BCUT2D eigenvalue weighted by atomic mass is 10.2. The summed E-state index contributed by atoms with van der Waals surface area (Å²) >= 11 is 21.6. The molecule has 160 valence electrons. The summed E-state index contributed by atoms with van der Waals surface area (Å²) in [6, 6.07) is 12.8. The predicted octanol–water partition coefficient (Wildman–Crippen LogP) is 7.25. The molecule has 5 nitrogen and oxygen atoms in total. The lowest BCUT2D eigenvalue weighted by molar-refractivity contribution is 0.288. The maximum absolute atomic E-state index is 6.29. The lowest BCUT2D eigenvalue weighted by Crippen LogP contribution is -2.07. The zero-order valence-electron chi connectivity index (χ0n) is 16.4. The fourth-order valence-electron chi connectivity index (χ4n) is 2.85. The fraction of sp³-hybridized carbons (Fsp3) is 0.190. The predicted molar refractivity (Wildman–Crippen MR) is 129 cm³/mol. The molecule has 0 unspecified atom stereocenters. The number of hydrogen-bond acceptors (Lipinski definition) is 6. The Bertz CT molecular complexity index is 1200. The minimum absolute atomic E-state index is 0.245. The van der Waals surface area contributed by atoms with Crippen LogP contribution in [0.2, 0.25) is 15.1 Å². The van der Waals surface area contributed by atoms with Crippen molar-refractivity contribution in [1.82, 2.24) is 19.7 Å². The Morgan fingerprint density at radius 1 is 1.06 bits per heavy atom. The summed E-state index contributed by atoms with van der Waals surface area (Å²) in [6.07, 6.45) is 0. The molecule has 0 aliphatic heterocycles. The molecule has 31 heavy (non-hydrogen) atoms. The highest BCUT2D eigenvalue weighted by atomic mass is 35.5. The summed E-state index contributed by atoms with van der Waals surface area (Å²) in [7, 11) is 0. The van der Waals surface area contributed by atoms with Crippen molar-refractivity contribution in [2.24, 2.45) is 0 Å². The summed E-state index contributed by atoms with van der Waals surface area (Å²) in [5.74, 6) is 1.92. The van der Waals surface area contributed by atoms with Crippen molar-refractivity contribution in [2.75, 3.05) is 0 Å². The number of aromatic nitrogens is 4. The monoisotopic (exact) mass is 510 g/mol. The third kappa shape index (κ3) is 5.35. The maximum atomic E-state index is 6.29. The van der Waals surface area contributed by atoms with Crippen LogP contribution < -0.4 is 4.74 Å². The van der Waals surface area contributed by atoms with Gasteiger partial charge in [-0.1, -0.05) is 64.8 Å². The van der Waals surface area contributed by atoms with Crippen LogP contribution in [0.4, 0.5) is 0 Å². The van der Waals surface area contributed by atoms with Gasteiger partial charge in [-0.3, -0.25) is 0 Å². The van der Waals surface area contributed by atoms with Gasteiger partial charge in [0.1, 0.15) is 17.4 Å². The topological polar surface area (TPSA) is 52.8 Å². The van der Waals surface area contributed by atoms with E-state index in [1.165, 1.54) is 0 Å². The minimum atomic E-state index is 0.245. The Hall–Kier alpha value is -1.77. The first-order chi connectivity index (χ1) is 15.0. The first-order valence-corrected chi connectivity index (χ1v) is 12.4. The van der Waals surface area contributed by atoms with E-state index in [-0.39, 0.29) is 6.61 Å². The first-order valence-electron chi connectivity index (χ1n) is 9.37. The fourth-order valence-corrected chi connectivity index (χ4v) is 5.34. The van der Waals surface area contributed by atoms with E-state index in [1.54, 1.807) is 41.3 Å². The smallest absolute Gasteiger partial charge is 0.191 e. The van der Waals surface area contributed by atoms with Crippen molar-refractivity contribution in [1.29, 1.82) is 0 Å². The average Bonchev–Trinajstić information content (AvgIpc) is 3.39. The molecule has 0 atom stereocenters. The lowest BCUT2D eigenvalue weighted by Gasteiger charge is -2.10. The van der Waals surface area contributed by atoms with Crippen molar-refractivity contribution in [2.45, 2.75) is 31.0 Å². The molecule has 0 saturated carbocycles. The van der Waals surface area contributed by atoms with Crippen molar-refractivity contribution in [3.05, 3.63) is 74.4 Å². The molecule has 0 saturated heterocycles. The molecule has 0 N–H and O–H groups in total. The van der Waals surface area contributed by atoms with Crippen LogP contribution in [0.3, 0.4) is 0 Å². The van der Waals surface area contributed by atoms with Gasteiger partial charge >= 0.3 is 0 Å². The third-order valence-electron chi connectivity index (χ3n) is 4.36. The van der Waals surface area contributed by atoms with Crippen LogP contribution in [0.15, 0.2) is 53.0 Å². The summed E-state index contributed by atoms with van der Waals surface area (Å²) in [5, 5.41) is 14.1. The van der Waals surface area contributed by atoms with Gasteiger partial charge < -0.3 is 9.30 Å². The second-order valence-corrected chi connectivity index (χ2v) is 9.47. The van der Waals surface area contributed by atoms with E-state index in [9.17, 15) is 0 Å². The van der Waals surface area contributed by atoms with E-state index in [4.69, 9.17) is 44.5 Å². The van der Waals surface area contributed by atoms with E-state index >= 15 is 0 Å². The molecule has 0 spiro atoms. The minimum Gasteiger partial charge on any atom is -0.484 e. The van der Waals surface area contributed by atoms with Crippen LogP contribution in [0.25, 0.3) is 10.6 Å². The highest BCUT2D eigenvalue weighted by Crippen LogP contribution is 2.32. The van der Waals surface area contributed by atoms with E-state index < -0.39 is 0 Å². The average molecular weight is 512 g/mol. The molecule has 0 bridgehead atoms. The quantitative estimate of drug-likeness (QED) is 0.233. The van der Waals surface area contributed by atoms with Gasteiger partial charge in [0.05, 0.1) is 15.7 Å². The van der Waals surface area contributed by atoms with Gasteiger partial charge in [-0.2, -0.15) is 0 Å². The van der Waals surface area contributed by atoms with Crippen LogP contribution in [-0.4, -0.2) is 19.7 Å². The number of nitrogens with zero attached hydrogens (tertiary/aromatic N) is 4. The van der Waals surface area contributed by atoms with Crippen molar-refractivity contribution >= 4 is 57.9 Å². The third-order valence-corrected chi connectivity index (χ3v) is 7.17. The maximum Gasteiger partial charge on any atom is 0.191 e. The molecule has 0 radical (unpaired) electrons. The first kappa shape index (κ1) is 22.4. The van der Waals surface area contributed by atoms with Crippen LogP contribution in [0.1, 0.15) is 18.4 Å². The normalized spacial score (nSPS) is 11.1. The van der Waals surface area contributed by atoms with E-state index in [2.05, 4.69) is 10.2 Å². The Labute approximate surface area is 203 Å². The molecular weight excluding hydrogens is 495 g/mol. The van der Waals surface area contributed by atoms with E-state index in [0.717, 1.165) is 33.8 Å². The highest BCUT2D eigenvalue weighted by Gasteiger charge is 2.15. The molecule has 4 rings (SSSR count). The van der Waals surface area contributed by atoms with Crippen LogP contribution in [-0.2, 0) is 18.9 Å². The van der Waals surface area contributed by atoms with Gasteiger partial charge in [0.2, 0.25) is 0 Å². The van der Waals surface area contributed by atoms with Crippen LogP contribution >= 0.6 is 57.9 Å². The molecule has 4 aromatic rings. The highest BCUT2D eigenvalue weighted by molar-refractivity contribution is 7.98. The number of thiazole rings is 1. The van der Waals surface area contributed by atoms with Crippen molar-refractivity contribution in [3.8, 4) is 16.3 Å². The molecule has 2 aromatic carbocycles. The molecule has 0 fully saturated rings. The number of thioether (sulfide) groups is 1. The Morgan fingerprint density at radius 2 is 1.90 bits per heavy atom. The second kappa shape index (κ2) is 10.2. The molecular formula is C21H17Cl3N4OS2. The molecule has 2 heterocycles. The molecule has 0 aliphatic rings. The van der Waals surface area contributed by atoms with Gasteiger partial charge in [-0.15, -0.1) is 21.5 Å². The number of halogens is 3.